The molecule has 0 aliphatic carbocycles. The molecule has 0 unspecified atom stereocenters. The van der Waals surface area contributed by atoms with Gasteiger partial charge in [-0.3, -0.25) is 4.79 Å². The van der Waals surface area contributed by atoms with E-state index < -0.39 is 10.0 Å². The number of hydrogen-bond donors (Lipinski definition) is 1. The summed E-state index contributed by atoms with van der Waals surface area (Å²) in [6.07, 6.45) is 0. The van der Waals surface area contributed by atoms with Crippen LogP contribution in [0.5, 0.6) is 5.75 Å². The number of fused-ring (bicyclic) bond motifs is 1. The maximum atomic E-state index is 12.7. The first-order chi connectivity index (χ1) is 15.4. The van der Waals surface area contributed by atoms with E-state index in [1.165, 1.54) is 16.4 Å². The van der Waals surface area contributed by atoms with Gasteiger partial charge < -0.3 is 14.8 Å². The monoisotopic (exact) mass is 454 g/mol. The molecule has 0 saturated carbocycles. The van der Waals surface area contributed by atoms with Crippen LogP contribution in [0.25, 0.3) is 10.8 Å². The van der Waals surface area contributed by atoms with Gasteiger partial charge in [0.05, 0.1) is 24.2 Å². The predicted octanol–water partition coefficient (Wildman–Crippen LogP) is 3.12. The number of benzene rings is 3. The maximum Gasteiger partial charge on any atom is 0.258 e. The van der Waals surface area contributed by atoms with Crippen molar-refractivity contribution < 1.29 is 22.7 Å². The van der Waals surface area contributed by atoms with Crippen LogP contribution in [-0.2, 0) is 19.6 Å². The smallest absolute Gasteiger partial charge is 0.258 e. The Bertz CT molecular complexity index is 1180. The van der Waals surface area contributed by atoms with E-state index >= 15 is 0 Å². The first-order valence-electron chi connectivity index (χ1n) is 10.5. The topological polar surface area (TPSA) is 84.9 Å². The second-order valence-electron chi connectivity index (χ2n) is 7.63. The van der Waals surface area contributed by atoms with Crippen LogP contribution in [0.1, 0.15) is 18.5 Å². The van der Waals surface area contributed by atoms with Crippen molar-refractivity contribution in [3.63, 3.8) is 0 Å². The van der Waals surface area contributed by atoms with Gasteiger partial charge in [-0.2, -0.15) is 4.31 Å². The number of carbonyl (C=O) groups is 1. The molecular formula is C24H26N2O5S. The molecule has 168 valence electrons. The molecule has 1 aliphatic heterocycles. The number of nitrogens with one attached hydrogen (secondary N) is 1. The van der Waals surface area contributed by atoms with E-state index in [2.05, 4.69) is 5.32 Å². The molecule has 0 bridgehead atoms. The Kier molecular flexibility index (Phi) is 6.74. The highest BCUT2D eigenvalue weighted by Gasteiger charge is 2.26. The van der Waals surface area contributed by atoms with E-state index in [9.17, 15) is 13.2 Å². The molecule has 4 rings (SSSR count). The fourth-order valence-corrected chi connectivity index (χ4v) is 5.19. The molecule has 8 heteroatoms. The second kappa shape index (κ2) is 9.68. The van der Waals surface area contributed by atoms with Crippen LogP contribution >= 0.6 is 0 Å². The third kappa shape index (κ3) is 4.93. The highest BCUT2D eigenvalue weighted by Crippen LogP contribution is 2.24. The average Bonchev–Trinajstić information content (AvgIpc) is 2.83. The fraction of sp³-hybridized carbons (Fsp3) is 0.292. The zero-order valence-electron chi connectivity index (χ0n) is 17.9. The SMILES string of the molecule is C[C@H](NC(=O)COc1ccc(S(=O)(=O)N2CCOCC2)cc1)c1cccc2ccccc12. The fourth-order valence-electron chi connectivity index (χ4n) is 3.78. The first-order valence-corrected chi connectivity index (χ1v) is 12.0. The number of hydrogen-bond acceptors (Lipinski definition) is 5. The number of rotatable bonds is 7. The minimum absolute atomic E-state index is 0.162. The van der Waals surface area contributed by atoms with Crippen molar-refractivity contribution in [3.05, 3.63) is 72.3 Å². The average molecular weight is 455 g/mol. The van der Waals surface area contributed by atoms with Crippen LogP contribution in [0, 0.1) is 0 Å². The molecule has 0 aromatic heterocycles. The molecule has 1 atom stereocenters. The Labute approximate surface area is 188 Å². The van der Waals surface area contributed by atoms with Gasteiger partial charge in [0.15, 0.2) is 6.61 Å². The summed E-state index contributed by atoms with van der Waals surface area (Å²) in [6, 6.07) is 20.0. The molecule has 32 heavy (non-hydrogen) atoms. The summed E-state index contributed by atoms with van der Waals surface area (Å²) in [5.41, 5.74) is 1.04. The lowest BCUT2D eigenvalue weighted by molar-refractivity contribution is -0.123. The number of nitrogens with zero attached hydrogens (tertiary/aromatic N) is 1. The number of carbonyl (C=O) groups excluding carboxylic acids is 1. The van der Waals surface area contributed by atoms with Gasteiger partial charge in [-0.25, -0.2) is 8.42 Å². The number of sulfonamides is 1. The van der Waals surface area contributed by atoms with Crippen molar-refractivity contribution >= 4 is 26.7 Å². The first kappa shape index (κ1) is 22.3. The lowest BCUT2D eigenvalue weighted by Gasteiger charge is -2.26. The van der Waals surface area contributed by atoms with Crippen LogP contribution in [0.2, 0.25) is 0 Å². The molecule has 1 heterocycles. The lowest BCUT2D eigenvalue weighted by Crippen LogP contribution is -2.40. The molecule has 1 N–H and O–H groups in total. The Hall–Kier alpha value is -2.94. The normalized spacial score (nSPS) is 15.9. The summed E-state index contributed by atoms with van der Waals surface area (Å²) in [4.78, 5) is 12.6. The summed E-state index contributed by atoms with van der Waals surface area (Å²) in [7, 11) is -3.56. The summed E-state index contributed by atoms with van der Waals surface area (Å²) in [5.74, 6) is 0.175. The van der Waals surface area contributed by atoms with Crippen molar-refractivity contribution in [1.29, 1.82) is 0 Å². The van der Waals surface area contributed by atoms with Gasteiger partial charge in [-0.05, 0) is 47.5 Å². The minimum atomic E-state index is -3.56. The zero-order chi connectivity index (χ0) is 22.6. The molecule has 3 aromatic carbocycles. The van der Waals surface area contributed by atoms with Gasteiger partial charge in [0.2, 0.25) is 10.0 Å². The summed E-state index contributed by atoms with van der Waals surface area (Å²) in [6.45, 7) is 3.25. The summed E-state index contributed by atoms with van der Waals surface area (Å²) >= 11 is 0. The Balaban J connectivity index is 1.35. The molecule has 1 amide bonds. The van der Waals surface area contributed by atoms with Gasteiger partial charge in [0.25, 0.3) is 5.91 Å². The Morgan fingerprint density at radius 3 is 2.47 bits per heavy atom. The number of amides is 1. The molecule has 0 spiro atoms. The van der Waals surface area contributed by atoms with Crippen molar-refractivity contribution in [1.82, 2.24) is 9.62 Å². The Morgan fingerprint density at radius 2 is 1.72 bits per heavy atom. The summed E-state index contributed by atoms with van der Waals surface area (Å²) in [5, 5.41) is 5.18. The maximum absolute atomic E-state index is 12.7. The van der Waals surface area contributed by atoms with Gasteiger partial charge in [-0.15, -0.1) is 0 Å². The third-order valence-electron chi connectivity index (χ3n) is 5.47. The minimum Gasteiger partial charge on any atom is -0.484 e. The third-order valence-corrected chi connectivity index (χ3v) is 7.38. The molecule has 1 aliphatic rings. The second-order valence-corrected chi connectivity index (χ2v) is 9.57. The van der Waals surface area contributed by atoms with Gasteiger partial charge in [0.1, 0.15) is 5.75 Å². The Morgan fingerprint density at radius 1 is 1.03 bits per heavy atom. The van der Waals surface area contributed by atoms with E-state index in [0.717, 1.165) is 16.3 Å². The molecule has 3 aromatic rings. The van der Waals surface area contributed by atoms with Crippen LogP contribution in [0.4, 0.5) is 0 Å². The highest BCUT2D eigenvalue weighted by atomic mass is 32.2. The van der Waals surface area contributed by atoms with E-state index in [0.29, 0.717) is 32.1 Å². The van der Waals surface area contributed by atoms with Crippen molar-refractivity contribution in [2.45, 2.75) is 17.9 Å². The number of morpholine rings is 1. The number of ether oxygens (including phenoxy) is 2. The molecule has 0 radical (unpaired) electrons. The van der Waals surface area contributed by atoms with E-state index in [1.807, 2.05) is 49.4 Å². The lowest BCUT2D eigenvalue weighted by atomic mass is 10.00. The van der Waals surface area contributed by atoms with Crippen LogP contribution in [0.3, 0.4) is 0 Å². The predicted molar refractivity (Wildman–Crippen MR) is 122 cm³/mol. The van der Waals surface area contributed by atoms with Crippen LogP contribution in [0.15, 0.2) is 71.6 Å². The molecular weight excluding hydrogens is 428 g/mol. The quantitative estimate of drug-likeness (QED) is 0.593. The standard InChI is InChI=1S/C24H26N2O5S/c1-18(22-8-4-6-19-5-2-3-7-23(19)22)25-24(27)17-31-20-9-11-21(12-10-20)32(28,29)26-13-15-30-16-14-26/h2-12,18H,13-17H2,1H3,(H,25,27)/t18-/m0/s1. The molecule has 7 nitrogen and oxygen atoms in total. The van der Waals surface area contributed by atoms with Gasteiger partial charge in [-0.1, -0.05) is 42.5 Å². The van der Waals surface area contributed by atoms with Crippen molar-refractivity contribution in [3.8, 4) is 5.75 Å². The van der Waals surface area contributed by atoms with Crippen molar-refractivity contribution in [2.24, 2.45) is 0 Å². The zero-order valence-corrected chi connectivity index (χ0v) is 18.7. The molecule has 1 fully saturated rings. The van der Waals surface area contributed by atoms with Gasteiger partial charge >= 0.3 is 0 Å². The van der Waals surface area contributed by atoms with Crippen LogP contribution < -0.4 is 10.1 Å². The summed E-state index contributed by atoms with van der Waals surface area (Å²) < 4.78 is 37.6. The van der Waals surface area contributed by atoms with E-state index in [-0.39, 0.29) is 23.5 Å². The van der Waals surface area contributed by atoms with E-state index in [1.54, 1.807) is 12.1 Å². The van der Waals surface area contributed by atoms with Gasteiger partial charge in [0, 0.05) is 13.1 Å². The highest BCUT2D eigenvalue weighted by molar-refractivity contribution is 7.89. The largest absolute Gasteiger partial charge is 0.484 e. The van der Waals surface area contributed by atoms with Crippen molar-refractivity contribution in [2.75, 3.05) is 32.9 Å². The van der Waals surface area contributed by atoms with Crippen LogP contribution in [-0.4, -0.2) is 51.5 Å². The van der Waals surface area contributed by atoms with E-state index in [4.69, 9.17) is 9.47 Å². The molecule has 1 saturated heterocycles.